The molecule has 0 aliphatic heterocycles. The molecule has 0 aliphatic carbocycles. The third kappa shape index (κ3) is 3.68. The van der Waals surface area contributed by atoms with Gasteiger partial charge in [-0.15, -0.1) is 0 Å². The van der Waals surface area contributed by atoms with Gasteiger partial charge in [-0.05, 0) is 49.7 Å². The zero-order valence-corrected chi connectivity index (χ0v) is 15.9. The number of benzene rings is 2. The molecule has 0 aliphatic rings. The molecule has 0 spiro atoms. The molecule has 0 bridgehead atoms. The minimum atomic E-state index is 0.455. The van der Waals surface area contributed by atoms with Gasteiger partial charge in [-0.1, -0.05) is 17.7 Å². The zero-order valence-electron chi connectivity index (χ0n) is 15.9. The Morgan fingerprint density at radius 3 is 2.39 bits per heavy atom. The molecule has 0 amide bonds. The Morgan fingerprint density at radius 2 is 1.64 bits per heavy atom. The molecule has 0 unspecified atom stereocenters. The van der Waals surface area contributed by atoms with E-state index >= 15 is 0 Å². The van der Waals surface area contributed by atoms with E-state index in [1.807, 2.05) is 43.3 Å². The number of ether oxygens (including phenoxy) is 1. The summed E-state index contributed by atoms with van der Waals surface area (Å²) in [4.78, 5) is 17.9. The highest BCUT2D eigenvalue weighted by Gasteiger charge is 2.11. The van der Waals surface area contributed by atoms with Crippen LogP contribution in [0.4, 0.5) is 23.1 Å². The highest BCUT2D eigenvalue weighted by atomic mass is 16.5. The van der Waals surface area contributed by atoms with Crippen molar-refractivity contribution in [1.29, 1.82) is 0 Å². The van der Waals surface area contributed by atoms with Crippen LogP contribution in [0, 0.1) is 13.8 Å². The molecule has 4 rings (SSSR count). The zero-order chi connectivity index (χ0) is 19.5. The summed E-state index contributed by atoms with van der Waals surface area (Å²) in [5.74, 6) is 1.82. The Bertz CT molecular complexity index is 1130. The summed E-state index contributed by atoms with van der Waals surface area (Å²) in [7, 11) is 1.64. The van der Waals surface area contributed by atoms with Crippen LogP contribution in [-0.2, 0) is 0 Å². The summed E-state index contributed by atoms with van der Waals surface area (Å²) in [6.07, 6.45) is 3.25. The Morgan fingerprint density at radius 1 is 0.857 bits per heavy atom. The lowest BCUT2D eigenvalue weighted by molar-refractivity contribution is 0.415. The van der Waals surface area contributed by atoms with Gasteiger partial charge in [0.05, 0.1) is 7.11 Å². The van der Waals surface area contributed by atoms with Gasteiger partial charge in [0.2, 0.25) is 5.95 Å². The van der Waals surface area contributed by atoms with E-state index in [1.165, 1.54) is 5.56 Å². The lowest BCUT2D eigenvalue weighted by Crippen LogP contribution is -2.04. The smallest absolute Gasteiger partial charge is 0.231 e. The Balaban J connectivity index is 1.72. The lowest BCUT2D eigenvalue weighted by Gasteiger charge is -2.12. The minimum absolute atomic E-state index is 0.455. The average molecular weight is 372 g/mol. The fraction of sp³-hybridized carbons (Fsp3) is 0.143. The van der Waals surface area contributed by atoms with Crippen molar-refractivity contribution in [1.82, 2.24) is 19.9 Å². The molecule has 140 valence electrons. The molecular weight excluding hydrogens is 352 g/mol. The van der Waals surface area contributed by atoms with Crippen LogP contribution in [0.2, 0.25) is 0 Å². The van der Waals surface area contributed by atoms with Gasteiger partial charge in [0.25, 0.3) is 0 Å². The van der Waals surface area contributed by atoms with E-state index in [1.54, 1.807) is 19.5 Å². The topological polar surface area (TPSA) is 84.9 Å². The quantitative estimate of drug-likeness (QED) is 0.532. The minimum Gasteiger partial charge on any atom is -0.497 e. The monoisotopic (exact) mass is 372 g/mol. The van der Waals surface area contributed by atoms with Crippen molar-refractivity contribution >= 4 is 34.3 Å². The maximum absolute atomic E-state index is 5.21. The van der Waals surface area contributed by atoms with Gasteiger partial charge in [0, 0.05) is 23.8 Å². The molecule has 0 atom stereocenters. The first-order valence-electron chi connectivity index (χ1n) is 8.86. The summed E-state index contributed by atoms with van der Waals surface area (Å²) in [6, 6.07) is 13.8. The molecule has 4 aromatic rings. The molecule has 0 saturated carbocycles. The number of nitrogens with zero attached hydrogens (tertiary/aromatic N) is 4. The molecule has 7 nitrogen and oxygen atoms in total. The number of anilines is 4. The Hall–Kier alpha value is -3.74. The summed E-state index contributed by atoms with van der Waals surface area (Å²) in [5, 5.41) is 6.58. The van der Waals surface area contributed by atoms with Crippen LogP contribution in [0.15, 0.2) is 54.9 Å². The van der Waals surface area contributed by atoms with Crippen molar-refractivity contribution in [2.24, 2.45) is 0 Å². The Kier molecular flexibility index (Phi) is 4.72. The van der Waals surface area contributed by atoms with Crippen molar-refractivity contribution < 1.29 is 4.74 Å². The van der Waals surface area contributed by atoms with Gasteiger partial charge >= 0.3 is 0 Å². The van der Waals surface area contributed by atoms with Crippen LogP contribution in [0.1, 0.15) is 11.1 Å². The van der Waals surface area contributed by atoms with Crippen LogP contribution in [0.3, 0.4) is 0 Å². The van der Waals surface area contributed by atoms with Gasteiger partial charge in [-0.3, -0.25) is 0 Å². The maximum Gasteiger partial charge on any atom is 0.231 e. The van der Waals surface area contributed by atoms with Crippen LogP contribution in [0.25, 0.3) is 11.2 Å². The van der Waals surface area contributed by atoms with Gasteiger partial charge in [-0.2, -0.15) is 9.97 Å². The van der Waals surface area contributed by atoms with E-state index in [-0.39, 0.29) is 0 Å². The van der Waals surface area contributed by atoms with E-state index < -0.39 is 0 Å². The molecule has 0 saturated heterocycles. The molecule has 2 heterocycles. The van der Waals surface area contributed by atoms with Gasteiger partial charge in [0.1, 0.15) is 5.75 Å². The predicted molar refractivity (Wildman–Crippen MR) is 111 cm³/mol. The van der Waals surface area contributed by atoms with Crippen LogP contribution in [0.5, 0.6) is 5.75 Å². The molecular formula is C21H20N6O. The molecule has 2 aromatic heterocycles. The lowest BCUT2D eigenvalue weighted by atomic mass is 10.1. The number of nitrogens with one attached hydrogen (secondary N) is 2. The van der Waals surface area contributed by atoms with Crippen molar-refractivity contribution in [3.63, 3.8) is 0 Å². The van der Waals surface area contributed by atoms with Gasteiger partial charge in [0.15, 0.2) is 17.0 Å². The van der Waals surface area contributed by atoms with E-state index in [2.05, 4.69) is 43.6 Å². The molecule has 2 N–H and O–H groups in total. The molecule has 0 radical (unpaired) electrons. The number of hydrogen-bond acceptors (Lipinski definition) is 7. The standard InChI is InChI=1S/C21H20N6O/c1-13-4-9-17(14(2)12-13)25-21-26-19-18(22-10-11-23-19)20(27-21)24-15-5-7-16(28-3)8-6-15/h4-12H,1-3H3,(H2,23,24,25,26,27). The fourth-order valence-corrected chi connectivity index (χ4v) is 2.89. The van der Waals surface area contributed by atoms with E-state index in [9.17, 15) is 0 Å². The number of rotatable bonds is 5. The normalized spacial score (nSPS) is 10.7. The number of hydrogen-bond donors (Lipinski definition) is 2. The summed E-state index contributed by atoms with van der Waals surface area (Å²) < 4.78 is 5.21. The molecule has 0 fully saturated rings. The molecule has 7 heteroatoms. The molecule has 28 heavy (non-hydrogen) atoms. The highest BCUT2D eigenvalue weighted by Crippen LogP contribution is 2.26. The first kappa shape index (κ1) is 17.7. The predicted octanol–water partition coefficient (Wildman–Crippen LogP) is 4.53. The SMILES string of the molecule is COc1ccc(Nc2nc(Nc3ccc(C)cc3C)nc3nccnc23)cc1. The summed E-state index contributed by atoms with van der Waals surface area (Å²) in [6.45, 7) is 4.11. The Labute approximate surface area is 162 Å². The number of aromatic nitrogens is 4. The van der Waals surface area contributed by atoms with Crippen LogP contribution >= 0.6 is 0 Å². The second kappa shape index (κ2) is 7.48. The van der Waals surface area contributed by atoms with Crippen molar-refractivity contribution in [2.75, 3.05) is 17.7 Å². The third-order valence-corrected chi connectivity index (χ3v) is 4.31. The number of fused-ring (bicyclic) bond motifs is 1. The second-order valence-electron chi connectivity index (χ2n) is 6.42. The van der Waals surface area contributed by atoms with E-state index in [4.69, 9.17) is 4.74 Å². The van der Waals surface area contributed by atoms with E-state index in [0.717, 1.165) is 22.7 Å². The third-order valence-electron chi connectivity index (χ3n) is 4.31. The summed E-state index contributed by atoms with van der Waals surface area (Å²) >= 11 is 0. The maximum atomic E-state index is 5.21. The van der Waals surface area contributed by atoms with Crippen LogP contribution in [-0.4, -0.2) is 27.0 Å². The van der Waals surface area contributed by atoms with Crippen molar-refractivity contribution in [2.45, 2.75) is 13.8 Å². The van der Waals surface area contributed by atoms with Gasteiger partial charge < -0.3 is 15.4 Å². The number of aryl methyl sites for hydroxylation is 2. The second-order valence-corrected chi connectivity index (χ2v) is 6.42. The molecule has 2 aromatic carbocycles. The fourth-order valence-electron chi connectivity index (χ4n) is 2.89. The van der Waals surface area contributed by atoms with Crippen molar-refractivity contribution in [3.05, 3.63) is 66.0 Å². The highest BCUT2D eigenvalue weighted by molar-refractivity contribution is 5.86. The average Bonchev–Trinajstić information content (AvgIpc) is 2.71. The first-order valence-corrected chi connectivity index (χ1v) is 8.86. The van der Waals surface area contributed by atoms with E-state index in [0.29, 0.717) is 22.9 Å². The largest absolute Gasteiger partial charge is 0.497 e. The van der Waals surface area contributed by atoms with Gasteiger partial charge in [-0.25, -0.2) is 9.97 Å². The van der Waals surface area contributed by atoms with Crippen molar-refractivity contribution in [3.8, 4) is 5.75 Å². The first-order chi connectivity index (χ1) is 13.6. The summed E-state index contributed by atoms with van der Waals surface area (Å²) in [5.41, 5.74) is 5.25. The van der Waals surface area contributed by atoms with Crippen LogP contribution < -0.4 is 15.4 Å². The number of methoxy groups -OCH3 is 1.